The number of hydrogen-bond donors (Lipinski definition) is 3. The number of aryl methyl sites for hydroxylation is 2. The van der Waals surface area contributed by atoms with E-state index in [0.717, 1.165) is 0 Å². The lowest BCUT2D eigenvalue weighted by Crippen LogP contribution is -2.41. The van der Waals surface area contributed by atoms with E-state index in [-0.39, 0.29) is 12.2 Å². The van der Waals surface area contributed by atoms with Crippen molar-refractivity contribution in [2.24, 2.45) is 0 Å². The fourth-order valence-corrected chi connectivity index (χ4v) is 2.01. The first-order valence-electron chi connectivity index (χ1n) is 6.95. The second-order valence-corrected chi connectivity index (χ2v) is 5.45. The Morgan fingerprint density at radius 2 is 1.95 bits per heavy atom. The van der Waals surface area contributed by atoms with Crippen molar-refractivity contribution in [1.29, 1.82) is 0 Å². The number of benzene rings is 1. The van der Waals surface area contributed by atoms with Gasteiger partial charge in [-0.05, 0) is 26.3 Å². The third-order valence-electron chi connectivity index (χ3n) is 3.54. The maximum Gasteiger partial charge on any atom is 0.279 e. The van der Waals surface area contributed by atoms with Crippen molar-refractivity contribution in [3.05, 3.63) is 63.3 Å². The van der Waals surface area contributed by atoms with Gasteiger partial charge in [-0.1, -0.05) is 30.3 Å². The number of nitrogens with zero attached hydrogens (tertiary/aromatic N) is 1. The molecule has 0 saturated heterocycles. The van der Waals surface area contributed by atoms with Gasteiger partial charge in [0.2, 0.25) is 0 Å². The molecular weight excluding hydrogens is 282 g/mol. The van der Waals surface area contributed by atoms with Crippen LogP contribution in [0.2, 0.25) is 0 Å². The number of rotatable bonds is 4. The van der Waals surface area contributed by atoms with Crippen LogP contribution in [0.15, 0.2) is 35.1 Å². The fraction of sp³-hybridized carbons (Fsp3) is 0.312. The summed E-state index contributed by atoms with van der Waals surface area (Å²) >= 11 is 0. The van der Waals surface area contributed by atoms with Gasteiger partial charge in [0.25, 0.3) is 11.5 Å². The van der Waals surface area contributed by atoms with Crippen LogP contribution in [0.5, 0.6) is 0 Å². The van der Waals surface area contributed by atoms with Crippen molar-refractivity contribution in [1.82, 2.24) is 15.3 Å². The number of amides is 1. The first-order valence-corrected chi connectivity index (χ1v) is 6.95. The summed E-state index contributed by atoms with van der Waals surface area (Å²) in [4.78, 5) is 30.5. The van der Waals surface area contributed by atoms with Gasteiger partial charge >= 0.3 is 0 Å². The number of aliphatic hydroxyl groups is 1. The zero-order chi connectivity index (χ0) is 16.3. The van der Waals surface area contributed by atoms with E-state index < -0.39 is 17.1 Å². The predicted molar refractivity (Wildman–Crippen MR) is 82.7 cm³/mol. The molecule has 22 heavy (non-hydrogen) atoms. The van der Waals surface area contributed by atoms with E-state index in [1.54, 1.807) is 45.0 Å². The summed E-state index contributed by atoms with van der Waals surface area (Å²) in [5, 5.41) is 13.0. The van der Waals surface area contributed by atoms with E-state index >= 15 is 0 Å². The van der Waals surface area contributed by atoms with Gasteiger partial charge in [-0.3, -0.25) is 9.59 Å². The topological polar surface area (TPSA) is 95.1 Å². The van der Waals surface area contributed by atoms with E-state index in [2.05, 4.69) is 15.3 Å². The van der Waals surface area contributed by atoms with Crippen LogP contribution in [0.4, 0.5) is 0 Å². The SMILES string of the molecule is Cc1nc(C(=O)NCC(C)(O)c2ccccc2)c(=O)[nH]c1C. The zero-order valence-corrected chi connectivity index (χ0v) is 12.8. The van der Waals surface area contributed by atoms with Crippen molar-refractivity contribution in [3.63, 3.8) is 0 Å². The average molecular weight is 301 g/mol. The molecule has 0 aliphatic rings. The highest BCUT2D eigenvalue weighted by molar-refractivity contribution is 5.91. The number of carbonyl (C=O) groups is 1. The van der Waals surface area contributed by atoms with E-state index in [9.17, 15) is 14.7 Å². The van der Waals surface area contributed by atoms with Crippen LogP contribution in [0.3, 0.4) is 0 Å². The van der Waals surface area contributed by atoms with Gasteiger partial charge in [-0.2, -0.15) is 0 Å². The molecule has 0 spiro atoms. The van der Waals surface area contributed by atoms with Crippen molar-refractivity contribution in [2.45, 2.75) is 26.4 Å². The van der Waals surface area contributed by atoms with Gasteiger partial charge in [0.05, 0.1) is 12.2 Å². The van der Waals surface area contributed by atoms with Gasteiger partial charge < -0.3 is 15.4 Å². The molecule has 1 amide bonds. The van der Waals surface area contributed by atoms with Crippen LogP contribution in [-0.2, 0) is 5.60 Å². The van der Waals surface area contributed by atoms with Gasteiger partial charge in [0.15, 0.2) is 5.69 Å². The molecule has 1 unspecified atom stereocenters. The largest absolute Gasteiger partial charge is 0.384 e. The molecule has 0 bridgehead atoms. The minimum atomic E-state index is -1.23. The number of hydrogen-bond acceptors (Lipinski definition) is 4. The molecular formula is C16H19N3O3. The summed E-state index contributed by atoms with van der Waals surface area (Å²) in [5.41, 5.74) is -0.0924. The Labute approximate surface area is 128 Å². The molecule has 1 atom stereocenters. The van der Waals surface area contributed by atoms with Gasteiger partial charge in [-0.25, -0.2) is 4.98 Å². The Morgan fingerprint density at radius 3 is 2.59 bits per heavy atom. The lowest BCUT2D eigenvalue weighted by atomic mass is 9.96. The Hall–Kier alpha value is -2.47. The Morgan fingerprint density at radius 1 is 1.32 bits per heavy atom. The van der Waals surface area contributed by atoms with Crippen molar-refractivity contribution in [2.75, 3.05) is 6.54 Å². The molecule has 2 aromatic rings. The van der Waals surface area contributed by atoms with Crippen molar-refractivity contribution in [3.8, 4) is 0 Å². The molecule has 0 saturated carbocycles. The number of nitrogens with one attached hydrogen (secondary N) is 2. The maximum absolute atomic E-state index is 12.1. The van der Waals surface area contributed by atoms with Gasteiger partial charge in [0, 0.05) is 5.69 Å². The number of H-pyrrole nitrogens is 1. The smallest absolute Gasteiger partial charge is 0.279 e. The summed E-state index contributed by atoms with van der Waals surface area (Å²) in [5.74, 6) is -0.611. The number of carbonyl (C=O) groups excluding carboxylic acids is 1. The molecule has 116 valence electrons. The summed E-state index contributed by atoms with van der Waals surface area (Å²) < 4.78 is 0. The average Bonchev–Trinajstić information content (AvgIpc) is 2.49. The molecule has 3 N–H and O–H groups in total. The molecule has 1 aromatic heterocycles. The number of aromatic amines is 1. The molecule has 0 aliphatic heterocycles. The Bertz CT molecular complexity index is 736. The van der Waals surface area contributed by atoms with Crippen LogP contribution in [-0.4, -0.2) is 27.5 Å². The number of aromatic nitrogens is 2. The molecule has 6 heteroatoms. The summed E-state index contributed by atoms with van der Waals surface area (Å²) in [6.07, 6.45) is 0. The quantitative estimate of drug-likeness (QED) is 0.786. The minimum absolute atomic E-state index is 0.0239. The second kappa shape index (κ2) is 6.11. The van der Waals surface area contributed by atoms with Crippen LogP contribution in [0.25, 0.3) is 0 Å². The fourth-order valence-electron chi connectivity index (χ4n) is 2.01. The highest BCUT2D eigenvalue weighted by Crippen LogP contribution is 2.18. The molecule has 0 radical (unpaired) electrons. The molecule has 0 aliphatic carbocycles. The summed E-state index contributed by atoms with van der Waals surface area (Å²) in [6, 6.07) is 9.00. The third-order valence-corrected chi connectivity index (χ3v) is 3.54. The molecule has 1 heterocycles. The summed E-state index contributed by atoms with van der Waals surface area (Å²) in [6.45, 7) is 5.00. The first kappa shape index (κ1) is 15.9. The predicted octanol–water partition coefficient (Wildman–Crippen LogP) is 1.02. The lowest BCUT2D eigenvalue weighted by Gasteiger charge is -2.24. The standard InChI is InChI=1S/C16H19N3O3/c1-10-11(2)19-15(21)13(18-10)14(20)17-9-16(3,22)12-7-5-4-6-8-12/h4-8,22H,9H2,1-3H3,(H,17,20)(H,19,21). The molecule has 6 nitrogen and oxygen atoms in total. The van der Waals surface area contributed by atoms with Crippen molar-refractivity contribution >= 4 is 5.91 Å². The van der Waals surface area contributed by atoms with Gasteiger partial charge in [-0.15, -0.1) is 0 Å². The molecule has 0 fully saturated rings. The van der Waals surface area contributed by atoms with Gasteiger partial charge in [0.1, 0.15) is 5.60 Å². The van der Waals surface area contributed by atoms with E-state index in [4.69, 9.17) is 0 Å². The zero-order valence-electron chi connectivity index (χ0n) is 12.8. The third kappa shape index (κ3) is 3.40. The minimum Gasteiger partial charge on any atom is -0.384 e. The molecule has 2 rings (SSSR count). The van der Waals surface area contributed by atoms with Crippen LogP contribution < -0.4 is 10.9 Å². The van der Waals surface area contributed by atoms with E-state index in [1.165, 1.54) is 0 Å². The first-order chi connectivity index (χ1) is 10.3. The van der Waals surface area contributed by atoms with Crippen LogP contribution in [0.1, 0.15) is 34.4 Å². The highest BCUT2D eigenvalue weighted by atomic mass is 16.3. The summed E-state index contributed by atoms with van der Waals surface area (Å²) in [7, 11) is 0. The maximum atomic E-state index is 12.1. The Kier molecular flexibility index (Phi) is 4.42. The second-order valence-electron chi connectivity index (χ2n) is 5.45. The Balaban J connectivity index is 2.14. The van der Waals surface area contributed by atoms with Crippen LogP contribution in [0, 0.1) is 13.8 Å². The normalized spacial score (nSPS) is 13.5. The van der Waals surface area contributed by atoms with E-state index in [1.807, 2.05) is 6.07 Å². The monoisotopic (exact) mass is 301 g/mol. The van der Waals surface area contributed by atoms with E-state index in [0.29, 0.717) is 17.0 Å². The lowest BCUT2D eigenvalue weighted by molar-refractivity contribution is 0.0524. The highest BCUT2D eigenvalue weighted by Gasteiger charge is 2.24. The molecule has 1 aromatic carbocycles. The van der Waals surface area contributed by atoms with Crippen LogP contribution >= 0.6 is 0 Å². The van der Waals surface area contributed by atoms with Crippen molar-refractivity contribution < 1.29 is 9.90 Å².